The van der Waals surface area contributed by atoms with Gasteiger partial charge in [-0.05, 0) is 55.1 Å². The molecule has 2 aliphatic heterocycles. The number of benzene rings is 2. The Morgan fingerprint density at radius 3 is 2.66 bits per heavy atom. The number of nitrogens with one attached hydrogen (secondary N) is 1. The van der Waals surface area contributed by atoms with Gasteiger partial charge in [-0.2, -0.15) is 0 Å². The number of likely N-dealkylation sites (N-methyl/N-ethyl adjacent to an activating group) is 1. The molecule has 3 atom stereocenters. The van der Waals surface area contributed by atoms with E-state index in [1.165, 1.54) is 12.1 Å². The van der Waals surface area contributed by atoms with Crippen LogP contribution in [-0.2, 0) is 10.3 Å². The van der Waals surface area contributed by atoms with Gasteiger partial charge in [-0.15, -0.1) is 0 Å². The van der Waals surface area contributed by atoms with Crippen LogP contribution in [0.5, 0.6) is 5.75 Å². The topological polar surface area (TPSA) is 71.5 Å². The fourth-order valence-corrected chi connectivity index (χ4v) is 5.22. The van der Waals surface area contributed by atoms with Crippen molar-refractivity contribution in [1.82, 2.24) is 9.88 Å². The lowest BCUT2D eigenvalue weighted by Crippen LogP contribution is -2.51. The molecule has 5 rings (SSSR count). The number of halogens is 1. The molecule has 0 bridgehead atoms. The minimum atomic E-state index is -1.24. The number of methoxy groups -OCH3 is 1. The molecule has 1 spiro atoms. The van der Waals surface area contributed by atoms with Gasteiger partial charge < -0.3 is 10.1 Å². The van der Waals surface area contributed by atoms with E-state index in [0.717, 1.165) is 5.56 Å². The van der Waals surface area contributed by atoms with E-state index < -0.39 is 11.5 Å². The molecule has 1 saturated heterocycles. The summed E-state index contributed by atoms with van der Waals surface area (Å²) in [7, 11) is 3.41. The molecule has 2 aromatic carbocycles. The smallest absolute Gasteiger partial charge is 0.250 e. The monoisotopic (exact) mass is 431 g/mol. The molecule has 7 heteroatoms. The summed E-state index contributed by atoms with van der Waals surface area (Å²) in [5, 5.41) is 2.96. The highest BCUT2D eigenvalue weighted by Gasteiger charge is 2.64. The Bertz CT molecular complexity index is 1200. The lowest BCUT2D eigenvalue weighted by atomic mass is 9.71. The van der Waals surface area contributed by atoms with Crippen molar-refractivity contribution in [2.24, 2.45) is 5.92 Å². The van der Waals surface area contributed by atoms with Crippen LogP contribution in [0.4, 0.5) is 10.1 Å². The van der Waals surface area contributed by atoms with Crippen molar-refractivity contribution in [3.05, 3.63) is 89.5 Å². The van der Waals surface area contributed by atoms with Crippen LogP contribution >= 0.6 is 0 Å². The van der Waals surface area contributed by atoms with Gasteiger partial charge in [-0.1, -0.05) is 18.2 Å². The highest BCUT2D eigenvalue weighted by molar-refractivity contribution is 6.12. The van der Waals surface area contributed by atoms with E-state index in [2.05, 4.69) is 10.3 Å². The first kappa shape index (κ1) is 20.3. The number of fused-ring (bicyclic) bond motifs is 2. The lowest BCUT2D eigenvalue weighted by Gasteiger charge is -2.35. The highest BCUT2D eigenvalue weighted by atomic mass is 19.1. The molecule has 1 fully saturated rings. The van der Waals surface area contributed by atoms with E-state index in [1.807, 2.05) is 18.0 Å². The summed E-state index contributed by atoms with van der Waals surface area (Å²) < 4.78 is 19.1. The third-order valence-corrected chi connectivity index (χ3v) is 6.65. The van der Waals surface area contributed by atoms with Crippen LogP contribution in [0, 0.1) is 11.7 Å². The number of hydrogen-bond donors (Lipinski definition) is 1. The average Bonchev–Trinajstić information content (AvgIpc) is 3.29. The quantitative estimate of drug-likeness (QED) is 0.639. The minimum Gasteiger partial charge on any atom is -0.497 e. The number of aromatic nitrogens is 1. The van der Waals surface area contributed by atoms with Crippen LogP contribution in [0.2, 0.25) is 0 Å². The van der Waals surface area contributed by atoms with Crippen molar-refractivity contribution in [2.75, 3.05) is 26.0 Å². The molecule has 1 N–H and O–H groups in total. The summed E-state index contributed by atoms with van der Waals surface area (Å²) in [6.45, 7) is 0.443. The number of amides is 1. The van der Waals surface area contributed by atoms with Gasteiger partial charge in [0.2, 0.25) is 5.91 Å². The molecule has 0 aliphatic carbocycles. The normalized spacial score (nSPS) is 24.4. The van der Waals surface area contributed by atoms with Gasteiger partial charge in [0, 0.05) is 29.9 Å². The molecule has 0 radical (unpaired) electrons. The zero-order valence-corrected chi connectivity index (χ0v) is 17.7. The number of pyridine rings is 1. The molecule has 1 amide bonds. The Kier molecular flexibility index (Phi) is 4.78. The summed E-state index contributed by atoms with van der Waals surface area (Å²) in [6, 6.07) is 16.7. The lowest BCUT2D eigenvalue weighted by molar-refractivity contribution is -0.126. The van der Waals surface area contributed by atoms with E-state index in [0.29, 0.717) is 29.2 Å². The SMILES string of the molecule is COc1ccc2c(c1)[C@]1(C(=O)N2)[C@H](C(=O)c2ccccn2)[C@H](c2ccc(F)cc2)CN1C. The molecule has 2 aliphatic rings. The Balaban J connectivity index is 1.74. The minimum absolute atomic E-state index is 0.227. The Morgan fingerprint density at radius 1 is 1.19 bits per heavy atom. The third kappa shape index (κ3) is 2.85. The van der Waals surface area contributed by atoms with Gasteiger partial charge in [0.05, 0.1) is 13.0 Å². The zero-order valence-electron chi connectivity index (χ0n) is 17.7. The molecular formula is C25H22FN3O3. The Hall–Kier alpha value is -3.58. The van der Waals surface area contributed by atoms with Crippen LogP contribution in [0.25, 0.3) is 0 Å². The van der Waals surface area contributed by atoms with Gasteiger partial charge in [-0.3, -0.25) is 19.5 Å². The summed E-state index contributed by atoms with van der Waals surface area (Å²) in [5.41, 5.74) is 1.21. The summed E-state index contributed by atoms with van der Waals surface area (Å²) in [6.07, 6.45) is 1.57. The summed E-state index contributed by atoms with van der Waals surface area (Å²) in [5.74, 6) is -1.34. The van der Waals surface area contributed by atoms with Gasteiger partial charge in [0.15, 0.2) is 5.78 Å². The van der Waals surface area contributed by atoms with E-state index in [9.17, 15) is 14.0 Å². The van der Waals surface area contributed by atoms with Gasteiger partial charge in [0.25, 0.3) is 0 Å². The molecule has 0 unspecified atom stereocenters. The zero-order chi connectivity index (χ0) is 22.5. The van der Waals surface area contributed by atoms with E-state index in [4.69, 9.17) is 4.74 Å². The van der Waals surface area contributed by atoms with Crippen molar-refractivity contribution in [3.63, 3.8) is 0 Å². The van der Waals surface area contributed by atoms with Gasteiger partial charge >= 0.3 is 0 Å². The maximum absolute atomic E-state index is 13.9. The molecule has 32 heavy (non-hydrogen) atoms. The number of ether oxygens (including phenoxy) is 1. The number of likely N-dealkylation sites (tertiary alicyclic amines) is 1. The molecule has 162 valence electrons. The first-order valence-corrected chi connectivity index (χ1v) is 10.4. The highest BCUT2D eigenvalue weighted by Crippen LogP contribution is 2.56. The molecule has 6 nitrogen and oxygen atoms in total. The molecular weight excluding hydrogens is 409 g/mol. The summed E-state index contributed by atoms with van der Waals surface area (Å²) >= 11 is 0. The van der Waals surface area contributed by atoms with Crippen molar-refractivity contribution >= 4 is 17.4 Å². The van der Waals surface area contributed by atoms with Gasteiger partial charge in [0.1, 0.15) is 22.8 Å². The average molecular weight is 431 g/mol. The van der Waals surface area contributed by atoms with Crippen molar-refractivity contribution in [1.29, 1.82) is 0 Å². The maximum Gasteiger partial charge on any atom is 0.250 e. The number of carbonyl (C=O) groups excluding carboxylic acids is 2. The van der Waals surface area contributed by atoms with Crippen molar-refractivity contribution in [2.45, 2.75) is 11.5 Å². The fourth-order valence-electron chi connectivity index (χ4n) is 5.22. The number of nitrogens with zero attached hydrogens (tertiary/aromatic N) is 2. The van der Waals surface area contributed by atoms with Crippen LogP contribution in [0.3, 0.4) is 0 Å². The fraction of sp³-hybridized carbons (Fsp3) is 0.240. The van der Waals surface area contributed by atoms with Crippen LogP contribution in [0.1, 0.15) is 27.5 Å². The molecule has 1 aromatic heterocycles. The van der Waals surface area contributed by atoms with Crippen molar-refractivity contribution in [3.8, 4) is 5.75 Å². The molecule has 3 aromatic rings. The second-order valence-electron chi connectivity index (χ2n) is 8.23. The number of Topliss-reactive ketones (excluding diaryl/α,β-unsaturated/α-hetero) is 1. The number of ketones is 1. The van der Waals surface area contributed by atoms with Crippen LogP contribution in [-0.4, -0.2) is 42.3 Å². The van der Waals surface area contributed by atoms with E-state index >= 15 is 0 Å². The Labute approximate surface area is 185 Å². The first-order chi connectivity index (χ1) is 15.5. The van der Waals surface area contributed by atoms with Crippen LogP contribution < -0.4 is 10.1 Å². The third-order valence-electron chi connectivity index (χ3n) is 6.65. The Morgan fingerprint density at radius 2 is 1.97 bits per heavy atom. The van der Waals surface area contributed by atoms with Crippen molar-refractivity contribution < 1.29 is 18.7 Å². The number of carbonyl (C=O) groups is 2. The molecule has 0 saturated carbocycles. The second kappa shape index (κ2) is 7.53. The van der Waals surface area contributed by atoms with E-state index in [-0.39, 0.29) is 23.4 Å². The second-order valence-corrected chi connectivity index (χ2v) is 8.23. The van der Waals surface area contributed by atoms with Gasteiger partial charge in [-0.25, -0.2) is 4.39 Å². The standard InChI is InChI=1S/C25H22FN3O3/c1-29-14-18(15-6-8-16(26)9-7-15)22(23(30)21-5-3-4-12-27-21)25(29)19-13-17(32-2)10-11-20(19)28-24(25)31/h3-13,18,22H,14H2,1-2H3,(H,28,31)/t18-,22-,25+/m0/s1. The number of anilines is 1. The summed E-state index contributed by atoms with van der Waals surface area (Å²) in [4.78, 5) is 33.8. The number of hydrogen-bond acceptors (Lipinski definition) is 5. The predicted octanol–water partition coefficient (Wildman–Crippen LogP) is 3.61. The first-order valence-electron chi connectivity index (χ1n) is 10.4. The molecule has 3 heterocycles. The van der Waals surface area contributed by atoms with E-state index in [1.54, 1.807) is 55.8 Å². The number of rotatable bonds is 4. The maximum atomic E-state index is 13.9. The predicted molar refractivity (Wildman–Crippen MR) is 117 cm³/mol. The largest absolute Gasteiger partial charge is 0.497 e. The van der Waals surface area contributed by atoms with Crippen LogP contribution in [0.15, 0.2) is 66.9 Å².